The molecule has 2 heterocycles. The highest BCUT2D eigenvalue weighted by Gasteiger charge is 2.28. The standard InChI is InChI=1S/C19H21NO6S/c1-23-13-3-4-18(17(10-13)24-2)27(21,22)20-11-15-14-6-8-25-16(14)9-12-5-7-26-19(12)15/h3-4,9-10,20H,5-8,11H2,1-2H3. The van der Waals surface area contributed by atoms with E-state index in [0.29, 0.717) is 19.0 Å². The third-order valence-electron chi connectivity index (χ3n) is 4.86. The fourth-order valence-electron chi connectivity index (χ4n) is 3.51. The first-order chi connectivity index (χ1) is 13.0. The third-order valence-corrected chi connectivity index (χ3v) is 6.30. The second-order valence-corrected chi connectivity index (χ2v) is 8.09. The van der Waals surface area contributed by atoms with Gasteiger partial charge in [0.2, 0.25) is 10.0 Å². The normalized spacial score (nSPS) is 14.9. The Bertz CT molecular complexity index is 954. The second kappa shape index (κ2) is 6.94. The highest BCUT2D eigenvalue weighted by atomic mass is 32.2. The van der Waals surface area contributed by atoms with Crippen LogP contribution in [0.5, 0.6) is 23.0 Å². The Balaban J connectivity index is 1.65. The summed E-state index contributed by atoms with van der Waals surface area (Å²) in [5.41, 5.74) is 2.93. The number of benzene rings is 2. The number of hydrogen-bond acceptors (Lipinski definition) is 6. The quantitative estimate of drug-likeness (QED) is 0.812. The van der Waals surface area contributed by atoms with Crippen LogP contribution in [0.15, 0.2) is 29.2 Å². The number of methoxy groups -OCH3 is 2. The van der Waals surface area contributed by atoms with Gasteiger partial charge in [0.05, 0.1) is 27.4 Å². The summed E-state index contributed by atoms with van der Waals surface area (Å²) >= 11 is 0. The molecule has 0 unspecified atom stereocenters. The summed E-state index contributed by atoms with van der Waals surface area (Å²) in [6, 6.07) is 6.62. The molecule has 0 saturated heterocycles. The molecule has 0 aliphatic carbocycles. The van der Waals surface area contributed by atoms with Gasteiger partial charge in [-0.1, -0.05) is 0 Å². The van der Waals surface area contributed by atoms with E-state index in [1.165, 1.54) is 20.3 Å². The van der Waals surface area contributed by atoms with Crippen molar-refractivity contribution in [3.8, 4) is 23.0 Å². The van der Waals surface area contributed by atoms with Gasteiger partial charge in [-0.2, -0.15) is 0 Å². The monoisotopic (exact) mass is 391 g/mol. The maximum Gasteiger partial charge on any atom is 0.244 e. The van der Waals surface area contributed by atoms with Crippen LogP contribution in [0.3, 0.4) is 0 Å². The maximum absolute atomic E-state index is 12.9. The molecule has 2 aliphatic heterocycles. The van der Waals surface area contributed by atoms with E-state index < -0.39 is 10.0 Å². The molecule has 7 nitrogen and oxygen atoms in total. The molecule has 0 saturated carbocycles. The second-order valence-electron chi connectivity index (χ2n) is 6.36. The molecule has 0 fully saturated rings. The van der Waals surface area contributed by atoms with Gasteiger partial charge >= 0.3 is 0 Å². The van der Waals surface area contributed by atoms with E-state index in [-0.39, 0.29) is 17.2 Å². The average molecular weight is 391 g/mol. The molecular formula is C19H21NO6S. The van der Waals surface area contributed by atoms with E-state index in [1.54, 1.807) is 12.1 Å². The van der Waals surface area contributed by atoms with E-state index >= 15 is 0 Å². The Morgan fingerprint density at radius 3 is 2.67 bits per heavy atom. The lowest BCUT2D eigenvalue weighted by molar-refractivity contribution is 0.352. The summed E-state index contributed by atoms with van der Waals surface area (Å²) in [5.74, 6) is 2.36. The fraction of sp³-hybridized carbons (Fsp3) is 0.368. The summed E-state index contributed by atoms with van der Waals surface area (Å²) in [4.78, 5) is 0.0622. The van der Waals surface area contributed by atoms with Gasteiger partial charge in [0.25, 0.3) is 0 Å². The average Bonchev–Trinajstić information content (AvgIpc) is 3.33. The molecule has 8 heteroatoms. The molecule has 144 valence electrons. The number of sulfonamides is 1. The third kappa shape index (κ3) is 3.19. The van der Waals surface area contributed by atoms with Gasteiger partial charge in [0, 0.05) is 42.1 Å². The zero-order valence-electron chi connectivity index (χ0n) is 15.2. The number of fused-ring (bicyclic) bond motifs is 2. The van der Waals surface area contributed by atoms with Crippen LogP contribution in [0.4, 0.5) is 0 Å². The van der Waals surface area contributed by atoms with Crippen LogP contribution in [0.1, 0.15) is 16.7 Å². The predicted molar refractivity (Wildman–Crippen MR) is 98.4 cm³/mol. The van der Waals surface area contributed by atoms with Gasteiger partial charge in [0.15, 0.2) is 0 Å². The first-order valence-corrected chi connectivity index (χ1v) is 10.2. The maximum atomic E-state index is 12.9. The van der Waals surface area contributed by atoms with Crippen LogP contribution in [0, 0.1) is 0 Å². The van der Waals surface area contributed by atoms with Crippen molar-refractivity contribution in [1.29, 1.82) is 0 Å². The van der Waals surface area contributed by atoms with Crippen LogP contribution in [0.2, 0.25) is 0 Å². The van der Waals surface area contributed by atoms with Gasteiger partial charge in [-0.05, 0) is 18.2 Å². The molecular weight excluding hydrogens is 370 g/mol. The van der Waals surface area contributed by atoms with E-state index in [9.17, 15) is 8.42 Å². The van der Waals surface area contributed by atoms with Crippen LogP contribution >= 0.6 is 0 Å². The largest absolute Gasteiger partial charge is 0.497 e. The van der Waals surface area contributed by atoms with Crippen molar-refractivity contribution in [3.63, 3.8) is 0 Å². The smallest absolute Gasteiger partial charge is 0.244 e. The number of rotatable bonds is 6. The Kier molecular flexibility index (Phi) is 4.61. The molecule has 0 radical (unpaired) electrons. The molecule has 27 heavy (non-hydrogen) atoms. The van der Waals surface area contributed by atoms with E-state index in [4.69, 9.17) is 18.9 Å². The van der Waals surface area contributed by atoms with E-state index in [0.717, 1.165) is 41.0 Å². The minimum Gasteiger partial charge on any atom is -0.497 e. The zero-order valence-corrected chi connectivity index (χ0v) is 16.0. The highest BCUT2D eigenvalue weighted by molar-refractivity contribution is 7.89. The van der Waals surface area contributed by atoms with Crippen LogP contribution in [-0.2, 0) is 29.4 Å². The SMILES string of the molecule is COc1ccc(S(=O)(=O)NCc2c3c(cc4c2OCC4)OCC3)c(OC)c1. The van der Waals surface area contributed by atoms with Gasteiger partial charge < -0.3 is 18.9 Å². The van der Waals surface area contributed by atoms with Crippen molar-refractivity contribution >= 4 is 10.0 Å². The Morgan fingerprint density at radius 1 is 1.07 bits per heavy atom. The van der Waals surface area contributed by atoms with Gasteiger partial charge in [-0.3, -0.25) is 0 Å². The summed E-state index contributed by atoms with van der Waals surface area (Å²) in [6.07, 6.45) is 1.55. The van der Waals surface area contributed by atoms with Crippen LogP contribution in [0.25, 0.3) is 0 Å². The molecule has 0 spiro atoms. The van der Waals surface area contributed by atoms with E-state index in [2.05, 4.69) is 4.72 Å². The van der Waals surface area contributed by atoms with Gasteiger partial charge in [-0.15, -0.1) is 0 Å². The van der Waals surface area contributed by atoms with Crippen LogP contribution < -0.4 is 23.7 Å². The summed E-state index contributed by atoms with van der Waals surface area (Å²) < 4.78 is 50.2. The molecule has 0 bridgehead atoms. The van der Waals surface area contributed by atoms with Crippen molar-refractivity contribution in [2.45, 2.75) is 24.3 Å². The lowest BCUT2D eigenvalue weighted by Gasteiger charge is -2.15. The topological polar surface area (TPSA) is 83.1 Å². The van der Waals surface area contributed by atoms with Crippen molar-refractivity contribution in [2.75, 3.05) is 27.4 Å². The Hall–Kier alpha value is -2.45. The fourth-order valence-corrected chi connectivity index (χ4v) is 4.66. The van der Waals surface area contributed by atoms with Crippen molar-refractivity contribution in [2.24, 2.45) is 0 Å². The highest BCUT2D eigenvalue weighted by Crippen LogP contribution is 2.40. The summed E-state index contributed by atoms with van der Waals surface area (Å²) in [5, 5.41) is 0. The van der Waals surface area contributed by atoms with Gasteiger partial charge in [-0.25, -0.2) is 13.1 Å². The summed E-state index contributed by atoms with van der Waals surface area (Å²) in [6.45, 7) is 1.33. The molecule has 2 aliphatic rings. The molecule has 4 rings (SSSR count). The number of hydrogen-bond donors (Lipinski definition) is 1. The first kappa shape index (κ1) is 17.9. The molecule has 0 amide bonds. The molecule has 2 aromatic carbocycles. The Labute approximate surface area is 158 Å². The lowest BCUT2D eigenvalue weighted by Crippen LogP contribution is -2.24. The van der Waals surface area contributed by atoms with Crippen molar-refractivity contribution in [1.82, 2.24) is 4.72 Å². The minimum atomic E-state index is -3.79. The van der Waals surface area contributed by atoms with Crippen molar-refractivity contribution < 1.29 is 27.4 Å². The molecule has 0 atom stereocenters. The lowest BCUT2D eigenvalue weighted by atomic mass is 10.00. The predicted octanol–water partition coefficient (Wildman–Crippen LogP) is 2.05. The number of ether oxygens (including phenoxy) is 4. The van der Waals surface area contributed by atoms with Crippen molar-refractivity contribution in [3.05, 3.63) is 41.0 Å². The minimum absolute atomic E-state index is 0.0622. The van der Waals surface area contributed by atoms with Crippen LogP contribution in [-0.4, -0.2) is 35.9 Å². The first-order valence-electron chi connectivity index (χ1n) is 8.68. The Morgan fingerprint density at radius 2 is 1.89 bits per heavy atom. The molecule has 0 aromatic heterocycles. The summed E-state index contributed by atoms with van der Waals surface area (Å²) in [7, 11) is -0.848. The number of nitrogens with one attached hydrogen (secondary N) is 1. The molecule has 1 N–H and O–H groups in total. The van der Waals surface area contributed by atoms with E-state index in [1.807, 2.05) is 6.07 Å². The molecule has 2 aromatic rings. The zero-order chi connectivity index (χ0) is 19.0. The van der Waals surface area contributed by atoms with Gasteiger partial charge in [0.1, 0.15) is 27.9 Å².